The molecule has 2 N–H and O–H groups in total. The van der Waals surface area contributed by atoms with Crippen molar-refractivity contribution in [2.45, 2.75) is 37.0 Å². The molecule has 0 atom stereocenters. The van der Waals surface area contributed by atoms with E-state index in [1.807, 2.05) is 0 Å². The number of rotatable bonds is 5. The van der Waals surface area contributed by atoms with Crippen LogP contribution in [0.25, 0.3) is 0 Å². The van der Waals surface area contributed by atoms with Crippen LogP contribution in [0.5, 0.6) is 0 Å². The van der Waals surface area contributed by atoms with Gasteiger partial charge in [0.1, 0.15) is 4.90 Å². The van der Waals surface area contributed by atoms with Crippen LogP contribution in [0.2, 0.25) is 0 Å². The van der Waals surface area contributed by atoms with Crippen molar-refractivity contribution in [2.75, 3.05) is 6.26 Å². The Bertz CT molecular complexity index is 1060. The van der Waals surface area contributed by atoms with Gasteiger partial charge in [-0.1, -0.05) is 6.07 Å². The van der Waals surface area contributed by atoms with Crippen molar-refractivity contribution >= 4 is 37.0 Å². The highest BCUT2D eigenvalue weighted by Gasteiger charge is 2.24. The van der Waals surface area contributed by atoms with Gasteiger partial charge in [0.2, 0.25) is 10.0 Å². The van der Waals surface area contributed by atoms with Crippen LogP contribution in [-0.2, 0) is 26.3 Å². The lowest BCUT2D eigenvalue weighted by molar-refractivity contribution is 0.0993. The van der Waals surface area contributed by atoms with E-state index in [1.165, 1.54) is 11.4 Å². The summed E-state index contributed by atoms with van der Waals surface area (Å²) in [6.45, 7) is 5.16. The molecular weight excluding hydrogens is 382 g/mol. The molecule has 6 nitrogen and oxygen atoms in total. The van der Waals surface area contributed by atoms with Crippen molar-refractivity contribution in [3.8, 4) is 0 Å². The number of benzene rings is 1. The summed E-state index contributed by atoms with van der Waals surface area (Å²) in [7, 11) is -7.44. The van der Waals surface area contributed by atoms with Gasteiger partial charge in [0, 0.05) is 12.7 Å². The Labute approximate surface area is 151 Å². The highest BCUT2D eigenvalue weighted by Crippen LogP contribution is 2.29. The molecule has 0 bridgehead atoms. The molecule has 2 aromatic rings. The number of thiophene rings is 1. The molecule has 9 heteroatoms. The zero-order chi connectivity index (χ0) is 19.2. The van der Waals surface area contributed by atoms with E-state index in [-0.39, 0.29) is 21.1 Å². The van der Waals surface area contributed by atoms with Gasteiger partial charge in [0.25, 0.3) is 0 Å². The molecule has 1 aromatic carbocycles. The van der Waals surface area contributed by atoms with Crippen LogP contribution in [0.3, 0.4) is 0 Å². The summed E-state index contributed by atoms with van der Waals surface area (Å²) in [4.78, 5) is 12.7. The SMILES string of the molecule is Cc1cc(C)c(S(C)(=O)=O)c(C)c1CC(=O)c1sccc1S(N)(=O)=O. The summed E-state index contributed by atoms with van der Waals surface area (Å²) in [6.07, 6.45) is 1.03. The van der Waals surface area contributed by atoms with Crippen LogP contribution in [-0.4, -0.2) is 28.9 Å². The topological polar surface area (TPSA) is 111 Å². The molecule has 0 aliphatic rings. The van der Waals surface area contributed by atoms with Crippen molar-refractivity contribution in [3.05, 3.63) is 44.6 Å². The van der Waals surface area contributed by atoms with Gasteiger partial charge >= 0.3 is 0 Å². The predicted octanol–water partition coefficient (Wildman–Crippen LogP) is 2.15. The maximum absolute atomic E-state index is 12.6. The largest absolute Gasteiger partial charge is 0.293 e. The van der Waals surface area contributed by atoms with Gasteiger partial charge in [-0.3, -0.25) is 4.79 Å². The zero-order valence-electron chi connectivity index (χ0n) is 14.3. The Morgan fingerprint density at radius 2 is 1.72 bits per heavy atom. The van der Waals surface area contributed by atoms with E-state index >= 15 is 0 Å². The number of primary sulfonamides is 1. The Kier molecular flexibility index (Phi) is 5.25. The Balaban J connectivity index is 2.56. The predicted molar refractivity (Wildman–Crippen MR) is 97.5 cm³/mol. The summed E-state index contributed by atoms with van der Waals surface area (Å²) in [5.41, 5.74) is 2.51. The van der Waals surface area contributed by atoms with Crippen molar-refractivity contribution in [1.82, 2.24) is 0 Å². The number of sulfonamides is 1. The zero-order valence-corrected chi connectivity index (χ0v) is 16.7. The van der Waals surface area contributed by atoms with Crippen molar-refractivity contribution in [1.29, 1.82) is 0 Å². The first-order valence-electron chi connectivity index (χ1n) is 7.27. The van der Waals surface area contributed by atoms with E-state index in [0.717, 1.165) is 23.2 Å². The first kappa shape index (κ1) is 19.8. The van der Waals surface area contributed by atoms with Gasteiger partial charge in [0.15, 0.2) is 15.6 Å². The number of carbonyl (C=O) groups is 1. The Hall–Kier alpha value is -1.55. The van der Waals surface area contributed by atoms with Gasteiger partial charge in [-0.2, -0.15) is 0 Å². The van der Waals surface area contributed by atoms with Gasteiger partial charge in [-0.25, -0.2) is 22.0 Å². The molecule has 0 radical (unpaired) electrons. The fourth-order valence-corrected chi connectivity index (χ4v) is 6.27. The summed E-state index contributed by atoms with van der Waals surface area (Å²) >= 11 is 1.00. The molecule has 0 saturated heterocycles. The maximum atomic E-state index is 12.6. The number of aryl methyl sites for hydroxylation is 2. The standard InChI is InChI=1S/C16H19NO5S3/c1-9-7-10(2)16(24(4,19)20)11(3)12(9)8-13(18)15-14(5-6-23-15)25(17,21)22/h5-7H,8H2,1-4H3,(H2,17,21,22). The lowest BCUT2D eigenvalue weighted by Crippen LogP contribution is -2.16. The number of ketones is 1. The molecule has 0 unspecified atom stereocenters. The molecule has 1 aromatic heterocycles. The quantitative estimate of drug-likeness (QED) is 0.772. The first-order valence-corrected chi connectivity index (χ1v) is 11.6. The van der Waals surface area contributed by atoms with E-state index < -0.39 is 25.6 Å². The minimum absolute atomic E-state index is 0.0581. The second-order valence-corrected chi connectivity index (χ2v) is 10.4. The third-order valence-corrected chi connectivity index (χ3v) is 7.37. The third kappa shape index (κ3) is 4.00. The van der Waals surface area contributed by atoms with Crippen molar-refractivity contribution in [2.24, 2.45) is 5.14 Å². The van der Waals surface area contributed by atoms with Crippen molar-refractivity contribution < 1.29 is 21.6 Å². The van der Waals surface area contributed by atoms with E-state index in [4.69, 9.17) is 5.14 Å². The minimum Gasteiger partial charge on any atom is -0.293 e. The fourth-order valence-electron chi connectivity index (χ4n) is 3.01. The maximum Gasteiger partial charge on any atom is 0.239 e. The molecule has 0 spiro atoms. The van der Waals surface area contributed by atoms with E-state index in [9.17, 15) is 21.6 Å². The number of sulfone groups is 1. The molecule has 0 saturated carbocycles. The van der Waals surface area contributed by atoms with Crippen LogP contribution in [0, 0.1) is 20.8 Å². The van der Waals surface area contributed by atoms with Gasteiger partial charge in [0.05, 0.1) is 9.77 Å². The molecule has 0 aliphatic carbocycles. The summed E-state index contributed by atoms with van der Waals surface area (Å²) < 4.78 is 47.3. The average molecular weight is 402 g/mol. The number of hydrogen-bond donors (Lipinski definition) is 1. The van der Waals surface area contributed by atoms with E-state index in [0.29, 0.717) is 16.7 Å². The summed E-state index contributed by atoms with van der Waals surface area (Å²) in [6, 6.07) is 3.02. The van der Waals surface area contributed by atoms with Gasteiger partial charge < -0.3 is 0 Å². The third-order valence-electron chi connectivity index (χ3n) is 3.96. The normalized spacial score (nSPS) is 12.4. The Morgan fingerprint density at radius 3 is 2.24 bits per heavy atom. The van der Waals surface area contributed by atoms with Crippen molar-refractivity contribution in [3.63, 3.8) is 0 Å². The number of nitrogens with two attached hydrogens (primary N) is 1. The highest BCUT2D eigenvalue weighted by atomic mass is 32.2. The molecule has 2 rings (SSSR count). The summed E-state index contributed by atoms with van der Waals surface area (Å²) in [5, 5.41) is 6.63. The van der Waals surface area contributed by atoms with Gasteiger partial charge in [-0.15, -0.1) is 11.3 Å². The highest BCUT2D eigenvalue weighted by molar-refractivity contribution is 7.90. The van der Waals surface area contributed by atoms with Crippen LogP contribution in [0.1, 0.15) is 31.9 Å². The molecule has 0 amide bonds. The van der Waals surface area contributed by atoms with Gasteiger partial charge in [-0.05, 0) is 54.5 Å². The Morgan fingerprint density at radius 1 is 1.12 bits per heavy atom. The van der Waals surface area contributed by atoms with E-state index in [1.54, 1.807) is 26.8 Å². The number of carbonyl (C=O) groups excluding carboxylic acids is 1. The average Bonchev–Trinajstić information content (AvgIpc) is 2.90. The fraction of sp³-hybridized carbons (Fsp3) is 0.312. The lowest BCUT2D eigenvalue weighted by Gasteiger charge is -2.16. The van der Waals surface area contributed by atoms with Crippen LogP contribution >= 0.6 is 11.3 Å². The monoisotopic (exact) mass is 401 g/mol. The molecule has 1 heterocycles. The summed E-state index contributed by atoms with van der Waals surface area (Å²) in [5.74, 6) is -0.409. The van der Waals surface area contributed by atoms with Crippen LogP contribution in [0.15, 0.2) is 27.3 Å². The lowest BCUT2D eigenvalue weighted by atomic mass is 9.95. The number of hydrogen-bond acceptors (Lipinski definition) is 6. The molecule has 136 valence electrons. The smallest absolute Gasteiger partial charge is 0.239 e. The molecule has 0 aliphatic heterocycles. The molecule has 0 fully saturated rings. The number of Topliss-reactive ketones (excluding diaryl/α,β-unsaturated/α-hetero) is 1. The van der Waals surface area contributed by atoms with Crippen LogP contribution < -0.4 is 5.14 Å². The van der Waals surface area contributed by atoms with E-state index in [2.05, 4.69) is 0 Å². The molecule has 25 heavy (non-hydrogen) atoms. The second kappa shape index (κ2) is 6.64. The first-order chi connectivity index (χ1) is 11.3. The second-order valence-electron chi connectivity index (χ2n) is 5.97. The minimum atomic E-state index is -3.99. The molecular formula is C16H19NO5S3. The van der Waals surface area contributed by atoms with Crippen LogP contribution in [0.4, 0.5) is 0 Å².